The van der Waals surface area contributed by atoms with Crippen molar-refractivity contribution in [2.45, 2.75) is 13.0 Å². The number of ether oxygens (including phenoxy) is 1. The van der Waals surface area contributed by atoms with E-state index < -0.39 is 22.9 Å². The molecule has 0 aliphatic carbocycles. The number of hydrogen-bond acceptors (Lipinski definition) is 6. The normalized spacial score (nSPS) is 11.6. The lowest BCUT2D eigenvalue weighted by Crippen LogP contribution is -2.30. The van der Waals surface area contributed by atoms with Crippen LogP contribution in [0.5, 0.6) is 0 Å². The maximum absolute atomic E-state index is 12.3. The summed E-state index contributed by atoms with van der Waals surface area (Å²) in [4.78, 5) is 39.1. The summed E-state index contributed by atoms with van der Waals surface area (Å²) in [5, 5.41) is 14.4. The molecular formula is C19H14ClN3O5. The number of nitrogens with one attached hydrogen (secondary N) is 1. The molecule has 0 saturated carbocycles. The SMILES string of the molecule is CC(OC(=O)c1ccc2nc(Cl)ccc2c1)C(=O)Nc1ccccc1[N+](=O)[O-]. The van der Waals surface area contributed by atoms with Gasteiger partial charge in [-0.1, -0.05) is 23.7 Å². The molecule has 2 aromatic carbocycles. The van der Waals surface area contributed by atoms with Crippen molar-refractivity contribution >= 4 is 45.8 Å². The third-order valence-corrected chi connectivity index (χ3v) is 4.11. The Morgan fingerprint density at radius 2 is 1.93 bits per heavy atom. The van der Waals surface area contributed by atoms with Gasteiger partial charge in [0.25, 0.3) is 11.6 Å². The van der Waals surface area contributed by atoms with Crippen molar-refractivity contribution in [3.63, 3.8) is 0 Å². The summed E-state index contributed by atoms with van der Waals surface area (Å²) in [6.07, 6.45) is -1.16. The number of para-hydroxylation sites is 2. The molecule has 0 bridgehead atoms. The number of fused-ring (bicyclic) bond motifs is 1. The number of aromatic nitrogens is 1. The second-order valence-electron chi connectivity index (χ2n) is 5.85. The molecule has 9 heteroatoms. The lowest BCUT2D eigenvalue weighted by molar-refractivity contribution is -0.383. The van der Waals surface area contributed by atoms with E-state index in [-0.39, 0.29) is 16.9 Å². The number of anilines is 1. The van der Waals surface area contributed by atoms with Crippen LogP contribution in [0.1, 0.15) is 17.3 Å². The summed E-state index contributed by atoms with van der Waals surface area (Å²) < 4.78 is 5.18. The molecule has 8 nitrogen and oxygen atoms in total. The molecule has 0 aliphatic rings. The Balaban J connectivity index is 1.71. The van der Waals surface area contributed by atoms with Crippen LogP contribution in [0.25, 0.3) is 10.9 Å². The summed E-state index contributed by atoms with van der Waals surface area (Å²) in [6, 6.07) is 13.7. The van der Waals surface area contributed by atoms with Gasteiger partial charge in [-0.15, -0.1) is 0 Å². The Labute approximate surface area is 164 Å². The molecular weight excluding hydrogens is 386 g/mol. The van der Waals surface area contributed by atoms with Crippen molar-refractivity contribution in [3.05, 3.63) is 75.4 Å². The van der Waals surface area contributed by atoms with Gasteiger partial charge in [0.05, 0.1) is 16.0 Å². The van der Waals surface area contributed by atoms with Gasteiger partial charge in [0.1, 0.15) is 10.8 Å². The summed E-state index contributed by atoms with van der Waals surface area (Å²) in [5.41, 5.74) is 0.623. The zero-order valence-corrected chi connectivity index (χ0v) is 15.3. The lowest BCUT2D eigenvalue weighted by Gasteiger charge is -2.14. The number of esters is 1. The second kappa shape index (κ2) is 8.01. The molecule has 1 atom stereocenters. The summed E-state index contributed by atoms with van der Waals surface area (Å²) in [6.45, 7) is 1.38. The molecule has 0 spiro atoms. The van der Waals surface area contributed by atoms with Gasteiger partial charge in [0.15, 0.2) is 6.10 Å². The van der Waals surface area contributed by atoms with E-state index in [2.05, 4.69) is 10.3 Å². The number of halogens is 1. The monoisotopic (exact) mass is 399 g/mol. The molecule has 1 unspecified atom stereocenters. The van der Waals surface area contributed by atoms with E-state index in [4.69, 9.17) is 16.3 Å². The molecule has 3 aromatic rings. The summed E-state index contributed by atoms with van der Waals surface area (Å²) >= 11 is 5.83. The maximum atomic E-state index is 12.3. The Morgan fingerprint density at radius 1 is 1.18 bits per heavy atom. The van der Waals surface area contributed by atoms with E-state index in [1.165, 1.54) is 31.2 Å². The minimum Gasteiger partial charge on any atom is -0.449 e. The van der Waals surface area contributed by atoms with Gasteiger partial charge in [0, 0.05) is 11.5 Å². The molecule has 0 radical (unpaired) electrons. The number of benzene rings is 2. The van der Waals surface area contributed by atoms with Crippen molar-refractivity contribution in [3.8, 4) is 0 Å². The highest BCUT2D eigenvalue weighted by molar-refractivity contribution is 6.29. The zero-order chi connectivity index (χ0) is 20.3. The average molecular weight is 400 g/mol. The van der Waals surface area contributed by atoms with E-state index in [1.54, 1.807) is 30.3 Å². The highest BCUT2D eigenvalue weighted by atomic mass is 35.5. The molecule has 142 valence electrons. The summed E-state index contributed by atoms with van der Waals surface area (Å²) in [7, 11) is 0. The second-order valence-corrected chi connectivity index (χ2v) is 6.24. The topological polar surface area (TPSA) is 111 Å². The molecule has 0 saturated heterocycles. The van der Waals surface area contributed by atoms with Gasteiger partial charge in [-0.3, -0.25) is 14.9 Å². The molecule has 1 N–H and O–H groups in total. The van der Waals surface area contributed by atoms with Crippen molar-refractivity contribution in [1.29, 1.82) is 0 Å². The first-order valence-corrected chi connectivity index (χ1v) is 8.54. The Hall–Kier alpha value is -3.52. The standard InChI is InChI=1S/C19H14ClN3O5/c1-11(18(24)22-15-4-2-3-5-16(15)23(26)27)28-19(25)13-6-8-14-12(10-13)7-9-17(20)21-14/h2-11H,1H3,(H,22,24). The molecule has 1 aromatic heterocycles. The molecule has 1 amide bonds. The Kier molecular flexibility index (Phi) is 5.51. The number of hydrogen-bond donors (Lipinski definition) is 1. The smallest absolute Gasteiger partial charge is 0.338 e. The highest BCUT2D eigenvalue weighted by Gasteiger charge is 2.22. The van der Waals surface area contributed by atoms with Crippen molar-refractivity contribution in [2.24, 2.45) is 0 Å². The number of rotatable bonds is 5. The van der Waals surface area contributed by atoms with E-state index in [9.17, 15) is 19.7 Å². The fourth-order valence-corrected chi connectivity index (χ4v) is 2.64. The molecule has 0 fully saturated rings. The number of nitro benzene ring substituents is 1. The van der Waals surface area contributed by atoms with Crippen molar-refractivity contribution in [2.75, 3.05) is 5.32 Å². The number of nitrogens with zero attached hydrogens (tertiary/aromatic N) is 2. The average Bonchev–Trinajstić information content (AvgIpc) is 2.67. The van der Waals surface area contributed by atoms with Crippen LogP contribution >= 0.6 is 11.6 Å². The first-order chi connectivity index (χ1) is 13.3. The predicted octanol–water partition coefficient (Wildman–Crippen LogP) is 3.98. The third-order valence-electron chi connectivity index (χ3n) is 3.90. The number of amides is 1. The summed E-state index contributed by atoms with van der Waals surface area (Å²) in [5.74, 6) is -1.39. The first kappa shape index (κ1) is 19.2. The van der Waals surface area contributed by atoms with Gasteiger partial charge >= 0.3 is 5.97 Å². The van der Waals surface area contributed by atoms with Gasteiger partial charge in [0.2, 0.25) is 0 Å². The van der Waals surface area contributed by atoms with Crippen molar-refractivity contribution in [1.82, 2.24) is 4.98 Å². The first-order valence-electron chi connectivity index (χ1n) is 8.17. The van der Waals surface area contributed by atoms with Crippen LogP contribution in [-0.2, 0) is 9.53 Å². The van der Waals surface area contributed by atoms with E-state index >= 15 is 0 Å². The van der Waals surface area contributed by atoms with Crippen LogP contribution in [0.2, 0.25) is 5.15 Å². The Bertz CT molecular complexity index is 1090. The van der Waals surface area contributed by atoms with Crippen LogP contribution in [0.3, 0.4) is 0 Å². The van der Waals surface area contributed by atoms with Crippen LogP contribution in [0.4, 0.5) is 11.4 Å². The van der Waals surface area contributed by atoms with Gasteiger partial charge < -0.3 is 10.1 Å². The number of pyridine rings is 1. The number of carbonyl (C=O) groups is 2. The number of nitro groups is 1. The quantitative estimate of drug-likeness (QED) is 0.300. The lowest BCUT2D eigenvalue weighted by atomic mass is 10.1. The molecule has 0 aliphatic heterocycles. The van der Waals surface area contributed by atoms with Gasteiger partial charge in [-0.05, 0) is 43.3 Å². The molecule has 1 heterocycles. The zero-order valence-electron chi connectivity index (χ0n) is 14.6. The van der Waals surface area contributed by atoms with Crippen LogP contribution < -0.4 is 5.32 Å². The minimum atomic E-state index is -1.16. The van der Waals surface area contributed by atoms with E-state index in [0.29, 0.717) is 16.1 Å². The third kappa shape index (κ3) is 4.24. The fraction of sp³-hybridized carbons (Fsp3) is 0.105. The van der Waals surface area contributed by atoms with Crippen LogP contribution in [0, 0.1) is 10.1 Å². The Morgan fingerprint density at radius 3 is 2.68 bits per heavy atom. The molecule has 28 heavy (non-hydrogen) atoms. The minimum absolute atomic E-state index is 0.0223. The highest BCUT2D eigenvalue weighted by Crippen LogP contribution is 2.23. The van der Waals surface area contributed by atoms with E-state index in [0.717, 1.165) is 0 Å². The molecule has 3 rings (SSSR count). The maximum Gasteiger partial charge on any atom is 0.338 e. The van der Waals surface area contributed by atoms with Crippen LogP contribution in [-0.4, -0.2) is 27.9 Å². The van der Waals surface area contributed by atoms with E-state index in [1.807, 2.05) is 0 Å². The van der Waals surface area contributed by atoms with Gasteiger partial charge in [-0.2, -0.15) is 0 Å². The predicted molar refractivity (Wildman–Crippen MR) is 103 cm³/mol. The van der Waals surface area contributed by atoms with Crippen molar-refractivity contribution < 1.29 is 19.2 Å². The fourth-order valence-electron chi connectivity index (χ4n) is 2.48. The largest absolute Gasteiger partial charge is 0.449 e. The van der Waals surface area contributed by atoms with Gasteiger partial charge in [-0.25, -0.2) is 9.78 Å². The van der Waals surface area contributed by atoms with Crippen LogP contribution in [0.15, 0.2) is 54.6 Å². The number of carbonyl (C=O) groups excluding carboxylic acids is 2.